The van der Waals surface area contributed by atoms with Crippen molar-refractivity contribution in [3.63, 3.8) is 0 Å². The van der Waals surface area contributed by atoms with Gasteiger partial charge in [0.05, 0.1) is 28.7 Å². The summed E-state index contributed by atoms with van der Waals surface area (Å²) in [4.78, 5) is 3.14. The van der Waals surface area contributed by atoms with Crippen molar-refractivity contribution in [3.05, 3.63) is 28.0 Å². The lowest BCUT2D eigenvalue weighted by Crippen LogP contribution is -2.12. The van der Waals surface area contributed by atoms with E-state index in [-0.39, 0.29) is 6.04 Å². The van der Waals surface area contributed by atoms with Crippen molar-refractivity contribution in [1.29, 1.82) is 0 Å². The third-order valence-electron chi connectivity index (χ3n) is 2.71. The Morgan fingerprint density at radius 1 is 1.53 bits per heavy atom. The Morgan fingerprint density at radius 2 is 2.29 bits per heavy atom. The van der Waals surface area contributed by atoms with Crippen LogP contribution in [0.2, 0.25) is 5.02 Å². The zero-order chi connectivity index (χ0) is 12.4. The molecule has 1 aromatic heterocycles. The van der Waals surface area contributed by atoms with Crippen LogP contribution in [-0.2, 0) is 4.74 Å². The van der Waals surface area contributed by atoms with Crippen molar-refractivity contribution in [2.45, 2.75) is 19.9 Å². The molecule has 1 aromatic carbocycles. The lowest BCUT2D eigenvalue weighted by molar-refractivity contribution is 0.119. The van der Waals surface area contributed by atoms with E-state index >= 15 is 0 Å². The summed E-state index contributed by atoms with van der Waals surface area (Å²) in [7, 11) is 0. The van der Waals surface area contributed by atoms with Gasteiger partial charge in [0.1, 0.15) is 0 Å². The predicted octanol–water partition coefficient (Wildman–Crippen LogP) is 3.95. The number of hydrogen-bond acceptors (Lipinski definition) is 2. The number of H-pyrrole nitrogens is 1. The molecule has 0 saturated heterocycles. The van der Waals surface area contributed by atoms with Crippen LogP contribution in [-0.4, -0.2) is 22.8 Å². The fourth-order valence-electron chi connectivity index (χ4n) is 1.91. The molecule has 0 aliphatic heterocycles. The molecule has 0 amide bonds. The summed E-state index contributed by atoms with van der Waals surface area (Å²) in [6.07, 6.45) is 0. The van der Waals surface area contributed by atoms with Crippen molar-refractivity contribution in [3.8, 4) is 0 Å². The molecule has 1 atom stereocenters. The summed E-state index contributed by atoms with van der Waals surface area (Å²) >= 11 is 11.5. The highest BCUT2D eigenvalue weighted by molar-refractivity contribution is 7.71. The van der Waals surface area contributed by atoms with E-state index in [1.54, 1.807) is 0 Å². The van der Waals surface area contributed by atoms with Gasteiger partial charge in [-0.25, -0.2) is 0 Å². The maximum Gasteiger partial charge on any atom is 0.178 e. The van der Waals surface area contributed by atoms with E-state index in [4.69, 9.17) is 28.6 Å². The molecule has 0 radical (unpaired) electrons. The second-order valence-corrected chi connectivity index (χ2v) is 4.74. The molecule has 0 aliphatic carbocycles. The van der Waals surface area contributed by atoms with Crippen molar-refractivity contribution in [1.82, 2.24) is 9.55 Å². The third-order valence-corrected chi connectivity index (χ3v) is 3.32. The number of nitrogens with zero attached hydrogens (tertiary/aromatic N) is 1. The fourth-order valence-corrected chi connectivity index (χ4v) is 2.51. The molecule has 1 N–H and O–H groups in total. The number of rotatable bonds is 4. The molecular weight excluding hydrogens is 256 g/mol. The predicted molar refractivity (Wildman–Crippen MR) is 73.3 cm³/mol. The van der Waals surface area contributed by atoms with Gasteiger partial charge in [0.15, 0.2) is 4.77 Å². The molecular formula is C12H15ClN2OS. The zero-order valence-corrected chi connectivity index (χ0v) is 11.4. The fraction of sp³-hybridized carbons (Fsp3) is 0.417. The van der Waals surface area contributed by atoms with Gasteiger partial charge < -0.3 is 14.3 Å². The molecule has 1 unspecified atom stereocenters. The molecule has 0 aliphatic rings. The standard InChI is InChI=1S/C12H15ClN2OS/c1-3-16-7-8(2)15-10-6-4-5-9(13)11(10)14-12(15)17/h4-6,8H,3,7H2,1-2H3,(H,14,17). The summed E-state index contributed by atoms with van der Waals surface area (Å²) < 4.78 is 8.17. The van der Waals surface area contributed by atoms with Crippen LogP contribution in [0.1, 0.15) is 19.9 Å². The Balaban J connectivity index is 2.50. The first-order chi connectivity index (χ1) is 8.15. The number of nitrogens with one attached hydrogen (secondary N) is 1. The van der Waals surface area contributed by atoms with Gasteiger partial charge >= 0.3 is 0 Å². The maximum absolute atomic E-state index is 6.13. The molecule has 0 fully saturated rings. The van der Waals surface area contributed by atoms with Crippen molar-refractivity contribution in [2.24, 2.45) is 0 Å². The molecule has 0 spiro atoms. The Labute approximate surface area is 110 Å². The Kier molecular flexibility index (Phi) is 3.86. The van der Waals surface area contributed by atoms with Gasteiger partial charge in [-0.05, 0) is 38.2 Å². The molecule has 0 bridgehead atoms. The average molecular weight is 271 g/mol. The van der Waals surface area contributed by atoms with Crippen LogP contribution in [0, 0.1) is 4.77 Å². The number of fused-ring (bicyclic) bond motifs is 1. The summed E-state index contributed by atoms with van der Waals surface area (Å²) in [5, 5.41) is 0.691. The van der Waals surface area contributed by atoms with E-state index in [9.17, 15) is 0 Å². The lowest BCUT2D eigenvalue weighted by atomic mass is 10.3. The Bertz CT molecular complexity index is 575. The van der Waals surface area contributed by atoms with Crippen LogP contribution >= 0.6 is 23.8 Å². The number of hydrogen-bond donors (Lipinski definition) is 1. The second-order valence-electron chi connectivity index (χ2n) is 3.94. The number of imidazole rings is 1. The van der Waals surface area contributed by atoms with E-state index < -0.39 is 0 Å². The molecule has 5 heteroatoms. The Morgan fingerprint density at radius 3 is 3.00 bits per heavy atom. The molecule has 1 heterocycles. The number of benzene rings is 1. The number of aromatic nitrogens is 2. The smallest absolute Gasteiger partial charge is 0.178 e. The number of ether oxygens (including phenoxy) is 1. The van der Waals surface area contributed by atoms with Gasteiger partial charge in [-0.1, -0.05) is 17.7 Å². The van der Waals surface area contributed by atoms with Gasteiger partial charge in [-0.2, -0.15) is 0 Å². The highest BCUT2D eigenvalue weighted by atomic mass is 35.5. The summed E-state index contributed by atoms with van der Waals surface area (Å²) in [6.45, 7) is 5.42. The first-order valence-corrected chi connectivity index (χ1v) is 6.40. The summed E-state index contributed by atoms with van der Waals surface area (Å²) in [5.41, 5.74) is 1.91. The number of aromatic amines is 1. The number of halogens is 1. The molecule has 17 heavy (non-hydrogen) atoms. The highest BCUT2D eigenvalue weighted by Crippen LogP contribution is 2.25. The lowest BCUT2D eigenvalue weighted by Gasteiger charge is -2.14. The molecule has 2 aromatic rings. The minimum atomic E-state index is 0.190. The van der Waals surface area contributed by atoms with E-state index in [1.807, 2.05) is 29.7 Å². The minimum Gasteiger partial charge on any atom is -0.380 e. The van der Waals surface area contributed by atoms with E-state index in [2.05, 4.69) is 11.9 Å². The van der Waals surface area contributed by atoms with Gasteiger partial charge in [-0.15, -0.1) is 0 Å². The largest absolute Gasteiger partial charge is 0.380 e. The van der Waals surface area contributed by atoms with Gasteiger partial charge in [0.25, 0.3) is 0 Å². The maximum atomic E-state index is 6.13. The SMILES string of the molecule is CCOCC(C)n1c(=S)[nH]c2c(Cl)cccc21. The molecule has 92 valence electrons. The highest BCUT2D eigenvalue weighted by Gasteiger charge is 2.12. The minimum absolute atomic E-state index is 0.190. The Hall–Kier alpha value is -0.840. The van der Waals surface area contributed by atoms with Crippen LogP contribution in [0.5, 0.6) is 0 Å². The number of para-hydroxylation sites is 1. The summed E-state index contributed by atoms with van der Waals surface area (Å²) in [6, 6.07) is 5.98. The van der Waals surface area contributed by atoms with E-state index in [0.29, 0.717) is 23.0 Å². The first-order valence-electron chi connectivity index (χ1n) is 5.61. The van der Waals surface area contributed by atoms with Crippen LogP contribution in [0.25, 0.3) is 11.0 Å². The normalized spacial score (nSPS) is 13.1. The van der Waals surface area contributed by atoms with E-state index in [1.165, 1.54) is 0 Å². The van der Waals surface area contributed by atoms with Gasteiger partial charge in [0.2, 0.25) is 0 Å². The van der Waals surface area contributed by atoms with Crippen LogP contribution in [0.15, 0.2) is 18.2 Å². The van der Waals surface area contributed by atoms with Crippen molar-refractivity contribution >= 4 is 34.9 Å². The van der Waals surface area contributed by atoms with Crippen LogP contribution in [0.4, 0.5) is 0 Å². The zero-order valence-electron chi connectivity index (χ0n) is 9.87. The first kappa shape index (κ1) is 12.6. The quantitative estimate of drug-likeness (QED) is 0.853. The van der Waals surface area contributed by atoms with Crippen LogP contribution in [0.3, 0.4) is 0 Å². The van der Waals surface area contributed by atoms with Crippen molar-refractivity contribution in [2.75, 3.05) is 13.2 Å². The third kappa shape index (κ3) is 2.39. The average Bonchev–Trinajstić information content (AvgIpc) is 2.64. The van der Waals surface area contributed by atoms with Crippen LogP contribution < -0.4 is 0 Å². The second kappa shape index (κ2) is 5.21. The molecule has 2 rings (SSSR count). The van der Waals surface area contributed by atoms with Gasteiger partial charge in [-0.3, -0.25) is 0 Å². The summed E-state index contributed by atoms with van der Waals surface area (Å²) in [5.74, 6) is 0. The van der Waals surface area contributed by atoms with Gasteiger partial charge in [0, 0.05) is 6.61 Å². The monoisotopic (exact) mass is 270 g/mol. The van der Waals surface area contributed by atoms with E-state index in [0.717, 1.165) is 11.0 Å². The topological polar surface area (TPSA) is 29.9 Å². The molecule has 3 nitrogen and oxygen atoms in total. The molecule has 0 saturated carbocycles. The van der Waals surface area contributed by atoms with Crippen molar-refractivity contribution < 1.29 is 4.74 Å².